The van der Waals surface area contributed by atoms with Crippen molar-refractivity contribution in [1.29, 1.82) is 0 Å². The molecule has 3 heterocycles. The Morgan fingerprint density at radius 3 is 2.66 bits per heavy atom. The number of aliphatic hydroxyl groups excluding tert-OH is 1. The van der Waals surface area contributed by atoms with Crippen molar-refractivity contribution in [3.63, 3.8) is 0 Å². The summed E-state index contributed by atoms with van der Waals surface area (Å²) < 4.78 is 1.27. The third-order valence-corrected chi connectivity index (χ3v) is 7.26. The molecule has 4 aromatic rings. The molecule has 1 fully saturated rings. The Labute approximate surface area is 197 Å². The van der Waals surface area contributed by atoms with E-state index in [1.807, 2.05) is 53.9 Å². The number of benzene rings is 2. The number of hydrogen-bond donors (Lipinski definition) is 1. The number of aromatic nitrogens is 1. The van der Waals surface area contributed by atoms with Gasteiger partial charge in [-0.3, -0.25) is 4.90 Å². The van der Waals surface area contributed by atoms with E-state index in [-0.39, 0.29) is 6.61 Å². The van der Waals surface area contributed by atoms with Crippen molar-refractivity contribution in [2.45, 2.75) is 25.4 Å². The first-order chi connectivity index (χ1) is 15.7. The van der Waals surface area contributed by atoms with Crippen LogP contribution in [0.4, 0.5) is 0 Å². The van der Waals surface area contributed by atoms with E-state index < -0.39 is 0 Å². The van der Waals surface area contributed by atoms with Crippen molar-refractivity contribution >= 4 is 33.0 Å². The van der Waals surface area contributed by atoms with Crippen LogP contribution in [0.3, 0.4) is 0 Å². The molecule has 3 nitrogen and oxygen atoms in total. The van der Waals surface area contributed by atoms with Crippen LogP contribution in [0.25, 0.3) is 21.2 Å². The quantitative estimate of drug-likeness (QED) is 0.382. The van der Waals surface area contributed by atoms with Crippen molar-refractivity contribution < 1.29 is 5.11 Å². The van der Waals surface area contributed by atoms with E-state index in [0.717, 1.165) is 46.9 Å². The normalized spacial score (nSPS) is 16.2. The largest absolute Gasteiger partial charge is 0.395 e. The van der Waals surface area contributed by atoms with Crippen LogP contribution in [-0.4, -0.2) is 34.2 Å². The number of thiophene rings is 1. The molecule has 0 amide bonds. The van der Waals surface area contributed by atoms with Crippen LogP contribution in [-0.2, 0) is 6.54 Å². The third kappa shape index (κ3) is 4.72. The van der Waals surface area contributed by atoms with E-state index >= 15 is 0 Å². The molecule has 32 heavy (non-hydrogen) atoms. The first kappa shape index (κ1) is 21.2. The van der Waals surface area contributed by atoms with Crippen LogP contribution in [0.1, 0.15) is 29.0 Å². The average Bonchev–Trinajstić information content (AvgIpc) is 3.44. The Kier molecular flexibility index (Phi) is 6.25. The fraction of sp³-hybridized carbons (Fsp3) is 0.222. The summed E-state index contributed by atoms with van der Waals surface area (Å²) in [6.45, 7) is 2.23. The van der Waals surface area contributed by atoms with Crippen LogP contribution in [0.2, 0.25) is 5.02 Å². The highest BCUT2D eigenvalue weighted by Gasteiger charge is 2.24. The van der Waals surface area contributed by atoms with E-state index in [9.17, 15) is 5.11 Å². The highest BCUT2D eigenvalue weighted by molar-refractivity contribution is 7.19. The van der Waals surface area contributed by atoms with Gasteiger partial charge in [-0.25, -0.2) is 4.98 Å². The standard InChI is InChI=1S/C27H23ClN2OS/c28-23-8-5-20(6-9-23)21-7-11-24(29-16-21)10-3-19-4-12-27-22(14-19)15-26(32-27)17-30-13-1-2-25(30)18-31/h4-9,11-12,14-16,25,31H,1-2,13,17-18H2. The molecule has 5 rings (SSSR count). The summed E-state index contributed by atoms with van der Waals surface area (Å²) >= 11 is 7.79. The third-order valence-electron chi connectivity index (χ3n) is 5.91. The molecule has 1 N–H and O–H groups in total. The van der Waals surface area contributed by atoms with Gasteiger partial charge in [0, 0.05) is 44.5 Å². The molecule has 2 aromatic carbocycles. The molecule has 1 atom stereocenters. The van der Waals surface area contributed by atoms with Crippen LogP contribution in [0.15, 0.2) is 66.9 Å². The van der Waals surface area contributed by atoms with E-state index in [1.54, 1.807) is 0 Å². The summed E-state index contributed by atoms with van der Waals surface area (Å²) in [6.07, 6.45) is 4.11. The summed E-state index contributed by atoms with van der Waals surface area (Å²) in [5, 5.41) is 11.5. The maximum atomic E-state index is 9.56. The van der Waals surface area contributed by atoms with E-state index in [0.29, 0.717) is 6.04 Å². The smallest absolute Gasteiger partial charge is 0.113 e. The molecule has 0 spiro atoms. The molecular formula is C27H23ClN2OS. The molecule has 5 heteroatoms. The minimum Gasteiger partial charge on any atom is -0.395 e. The fourth-order valence-corrected chi connectivity index (χ4v) is 5.38. The Morgan fingerprint density at radius 1 is 1.03 bits per heavy atom. The number of hydrogen-bond acceptors (Lipinski definition) is 4. The van der Waals surface area contributed by atoms with Gasteiger partial charge in [-0.1, -0.05) is 35.7 Å². The van der Waals surface area contributed by atoms with Gasteiger partial charge in [0.2, 0.25) is 0 Å². The number of fused-ring (bicyclic) bond motifs is 1. The number of pyridine rings is 1. The van der Waals surface area contributed by atoms with Gasteiger partial charge in [-0.15, -0.1) is 11.3 Å². The SMILES string of the molecule is OCC1CCCN1Cc1cc2cc(C#Cc3ccc(-c4ccc(Cl)cc4)cn3)ccc2s1. The van der Waals surface area contributed by atoms with Gasteiger partial charge < -0.3 is 5.11 Å². The van der Waals surface area contributed by atoms with Gasteiger partial charge >= 0.3 is 0 Å². The van der Waals surface area contributed by atoms with E-state index in [2.05, 4.69) is 46.0 Å². The number of likely N-dealkylation sites (tertiary alicyclic amines) is 1. The average molecular weight is 459 g/mol. The van der Waals surface area contributed by atoms with Gasteiger partial charge in [-0.05, 0) is 78.7 Å². The molecule has 1 unspecified atom stereocenters. The zero-order chi connectivity index (χ0) is 21.9. The zero-order valence-corrected chi connectivity index (χ0v) is 19.2. The first-order valence-corrected chi connectivity index (χ1v) is 12.0. The summed E-state index contributed by atoms with van der Waals surface area (Å²) in [4.78, 5) is 8.23. The number of rotatable bonds is 4. The van der Waals surface area contributed by atoms with Crippen LogP contribution in [0, 0.1) is 11.8 Å². The van der Waals surface area contributed by atoms with Gasteiger partial charge in [-0.2, -0.15) is 0 Å². The topological polar surface area (TPSA) is 36.4 Å². The highest BCUT2D eigenvalue weighted by atomic mass is 35.5. The van der Waals surface area contributed by atoms with Crippen LogP contribution < -0.4 is 0 Å². The van der Waals surface area contributed by atoms with E-state index in [4.69, 9.17) is 11.6 Å². The molecule has 1 aliphatic rings. The van der Waals surface area contributed by atoms with Gasteiger partial charge in [0.15, 0.2) is 0 Å². The minimum absolute atomic E-state index is 0.249. The lowest BCUT2D eigenvalue weighted by Gasteiger charge is -2.21. The molecule has 0 radical (unpaired) electrons. The molecule has 0 aliphatic carbocycles. The molecule has 0 saturated carbocycles. The summed E-state index contributed by atoms with van der Waals surface area (Å²) in [7, 11) is 0. The summed E-state index contributed by atoms with van der Waals surface area (Å²) in [5.74, 6) is 6.43. The lowest BCUT2D eigenvalue weighted by atomic mass is 10.1. The van der Waals surface area contributed by atoms with Crippen molar-refractivity contribution in [3.05, 3.63) is 88.0 Å². The number of aliphatic hydroxyl groups is 1. The molecule has 160 valence electrons. The maximum Gasteiger partial charge on any atom is 0.113 e. The molecule has 1 aliphatic heterocycles. The predicted molar refractivity (Wildman–Crippen MR) is 133 cm³/mol. The Hall–Kier alpha value is -2.68. The second kappa shape index (κ2) is 9.44. The fourth-order valence-electron chi connectivity index (χ4n) is 4.18. The number of nitrogens with zero attached hydrogens (tertiary/aromatic N) is 2. The van der Waals surface area contributed by atoms with E-state index in [1.165, 1.54) is 21.4 Å². The number of halogens is 1. The minimum atomic E-state index is 0.249. The Morgan fingerprint density at radius 2 is 1.88 bits per heavy atom. The van der Waals surface area contributed by atoms with Gasteiger partial charge in [0.1, 0.15) is 5.69 Å². The molecule has 2 aromatic heterocycles. The lowest BCUT2D eigenvalue weighted by Crippen LogP contribution is -2.31. The van der Waals surface area contributed by atoms with Crippen molar-refractivity contribution in [3.8, 4) is 23.0 Å². The van der Waals surface area contributed by atoms with Crippen LogP contribution >= 0.6 is 22.9 Å². The van der Waals surface area contributed by atoms with Crippen molar-refractivity contribution in [2.75, 3.05) is 13.2 Å². The zero-order valence-electron chi connectivity index (χ0n) is 17.6. The molecular weight excluding hydrogens is 436 g/mol. The highest BCUT2D eigenvalue weighted by Crippen LogP contribution is 2.29. The second-order valence-corrected chi connectivity index (χ2v) is 9.71. The first-order valence-electron chi connectivity index (χ1n) is 10.8. The summed E-state index contributed by atoms with van der Waals surface area (Å²) in [5.41, 5.74) is 3.86. The van der Waals surface area contributed by atoms with Gasteiger partial charge in [0.25, 0.3) is 0 Å². The molecule has 0 bridgehead atoms. The maximum absolute atomic E-state index is 9.56. The van der Waals surface area contributed by atoms with Crippen molar-refractivity contribution in [2.24, 2.45) is 0 Å². The molecule has 1 saturated heterocycles. The summed E-state index contributed by atoms with van der Waals surface area (Å²) in [6, 6.07) is 20.7. The monoisotopic (exact) mass is 458 g/mol. The van der Waals surface area contributed by atoms with Gasteiger partial charge in [0.05, 0.1) is 6.61 Å². The second-order valence-electron chi connectivity index (χ2n) is 8.10. The lowest BCUT2D eigenvalue weighted by molar-refractivity contribution is 0.154. The Bertz CT molecular complexity index is 1290. The Balaban J connectivity index is 1.31. The van der Waals surface area contributed by atoms with Crippen LogP contribution in [0.5, 0.6) is 0 Å². The van der Waals surface area contributed by atoms with Crippen molar-refractivity contribution in [1.82, 2.24) is 9.88 Å². The predicted octanol–water partition coefficient (Wildman–Crippen LogP) is 5.97.